The minimum atomic E-state index is -0.414. The highest BCUT2D eigenvalue weighted by Crippen LogP contribution is 2.42. The Bertz CT molecular complexity index is 499. The molecule has 0 amide bonds. The summed E-state index contributed by atoms with van der Waals surface area (Å²) < 4.78 is -0.414. The van der Waals surface area contributed by atoms with Gasteiger partial charge >= 0.3 is 0 Å². The van der Waals surface area contributed by atoms with E-state index in [4.69, 9.17) is 11.6 Å². The van der Waals surface area contributed by atoms with E-state index >= 15 is 0 Å². The van der Waals surface area contributed by atoms with Crippen molar-refractivity contribution >= 4 is 29.6 Å². The van der Waals surface area contributed by atoms with Crippen molar-refractivity contribution in [2.75, 3.05) is 5.88 Å². The fourth-order valence-electron chi connectivity index (χ4n) is 2.99. The van der Waals surface area contributed by atoms with Crippen molar-refractivity contribution in [3.63, 3.8) is 0 Å². The van der Waals surface area contributed by atoms with Gasteiger partial charge in [0.15, 0.2) is 0 Å². The van der Waals surface area contributed by atoms with Crippen LogP contribution in [0.5, 0.6) is 0 Å². The molecule has 1 aromatic carbocycles. The lowest BCUT2D eigenvalue weighted by Gasteiger charge is -2.33. The monoisotopic (exact) mass is 336 g/mol. The number of allylic oxidation sites excluding steroid dienone is 2. The summed E-state index contributed by atoms with van der Waals surface area (Å²) in [5.74, 6) is 0.677. The smallest absolute Gasteiger partial charge is 0.136 e. The van der Waals surface area contributed by atoms with Crippen LogP contribution in [0.4, 0.5) is 0 Å². The minimum Gasteiger partial charge on any atom is -0.302 e. The summed E-state index contributed by atoms with van der Waals surface area (Å²) in [5, 5.41) is 0. The minimum absolute atomic E-state index is 0.162. The molecule has 2 atom stereocenters. The Morgan fingerprint density at radius 1 is 1.36 bits per heavy atom. The first-order valence-electron chi connectivity index (χ1n) is 8.14. The molecule has 1 nitrogen and oxygen atoms in total. The van der Waals surface area contributed by atoms with Crippen LogP contribution in [0.2, 0.25) is 0 Å². The zero-order chi connectivity index (χ0) is 15.8. The van der Waals surface area contributed by atoms with Gasteiger partial charge < -0.3 is 4.79 Å². The van der Waals surface area contributed by atoms with Crippen LogP contribution in [0.1, 0.15) is 45.4 Å². The third kappa shape index (κ3) is 4.63. The van der Waals surface area contributed by atoms with Crippen LogP contribution in [0.3, 0.4) is 0 Å². The zero-order valence-corrected chi connectivity index (χ0v) is 14.8. The van der Waals surface area contributed by atoms with E-state index in [0.717, 1.165) is 30.4 Å². The molecule has 2 rings (SSSR count). The van der Waals surface area contributed by atoms with Crippen LogP contribution in [-0.2, 0) is 4.79 Å². The van der Waals surface area contributed by atoms with Crippen molar-refractivity contribution < 1.29 is 4.79 Å². The topological polar surface area (TPSA) is 17.1 Å². The number of rotatable bonds is 9. The lowest BCUT2D eigenvalue weighted by Crippen LogP contribution is -2.36. The predicted molar refractivity (Wildman–Crippen MR) is 96.8 cm³/mol. The second-order valence-corrected chi connectivity index (χ2v) is 7.90. The number of halogens is 1. The summed E-state index contributed by atoms with van der Waals surface area (Å²) in [4.78, 5) is 13.1. The summed E-state index contributed by atoms with van der Waals surface area (Å²) in [5.41, 5.74) is 1.57. The molecule has 0 spiro atoms. The molecule has 1 aliphatic rings. The number of aldehydes is 1. The highest BCUT2D eigenvalue weighted by Gasteiger charge is 2.36. The zero-order valence-electron chi connectivity index (χ0n) is 13.3. The van der Waals surface area contributed by atoms with Crippen molar-refractivity contribution in [2.45, 2.75) is 55.1 Å². The fraction of sp³-hybridized carbons (Fsp3) is 0.526. The van der Waals surface area contributed by atoms with Crippen molar-refractivity contribution in [3.8, 4) is 0 Å². The molecule has 0 saturated carbocycles. The number of carbonyl (C=O) groups is 1. The molecule has 22 heavy (non-hydrogen) atoms. The Morgan fingerprint density at radius 3 is 2.73 bits per heavy atom. The van der Waals surface area contributed by atoms with Gasteiger partial charge in [0.2, 0.25) is 0 Å². The molecule has 0 aromatic heterocycles. The maximum absolute atomic E-state index is 12.0. The Balaban J connectivity index is 2.04. The summed E-state index contributed by atoms with van der Waals surface area (Å²) in [6, 6.07) is 10.2. The maximum Gasteiger partial charge on any atom is 0.136 e. The molecule has 1 aliphatic carbocycles. The summed E-state index contributed by atoms with van der Waals surface area (Å²) in [7, 11) is 0. The van der Waals surface area contributed by atoms with E-state index < -0.39 is 4.75 Å². The van der Waals surface area contributed by atoms with Gasteiger partial charge in [-0.15, -0.1) is 23.4 Å². The van der Waals surface area contributed by atoms with Crippen LogP contribution < -0.4 is 0 Å². The van der Waals surface area contributed by atoms with E-state index in [9.17, 15) is 4.79 Å². The first-order valence-corrected chi connectivity index (χ1v) is 9.49. The van der Waals surface area contributed by atoms with Crippen LogP contribution in [0.25, 0.3) is 0 Å². The molecule has 0 unspecified atom stereocenters. The van der Waals surface area contributed by atoms with Crippen LogP contribution in [-0.4, -0.2) is 16.9 Å². The maximum atomic E-state index is 12.0. The van der Waals surface area contributed by atoms with Gasteiger partial charge in [-0.25, -0.2) is 0 Å². The second kappa shape index (κ2) is 8.79. The summed E-state index contributed by atoms with van der Waals surface area (Å²) >= 11 is 7.78. The SMILES string of the molecule is C[C@H](CCl)[C@](C=O)(CCCC1=CCCC1)Sc1ccccc1. The standard InChI is InChI=1S/C19H25ClOS/c1-16(14-20)19(15-21,22-18-11-3-2-4-12-18)13-7-10-17-8-5-6-9-17/h2-4,8,11-12,15-16H,5-7,9-10,13-14H2,1H3/t16-,19-/m1/s1. The number of hydrogen-bond donors (Lipinski definition) is 0. The molecule has 0 saturated heterocycles. The largest absolute Gasteiger partial charge is 0.302 e. The van der Waals surface area contributed by atoms with Crippen molar-refractivity contribution in [3.05, 3.63) is 42.0 Å². The van der Waals surface area contributed by atoms with Crippen LogP contribution >= 0.6 is 23.4 Å². The van der Waals surface area contributed by atoms with Crippen LogP contribution in [0.15, 0.2) is 46.9 Å². The molecular formula is C19H25ClOS. The normalized spacial score (nSPS) is 18.5. The quantitative estimate of drug-likeness (QED) is 0.243. The molecule has 1 aromatic rings. The Labute approximate surface area is 143 Å². The van der Waals surface area contributed by atoms with Gasteiger partial charge in [-0.2, -0.15) is 0 Å². The highest BCUT2D eigenvalue weighted by molar-refractivity contribution is 8.01. The van der Waals surface area contributed by atoms with Crippen LogP contribution in [0, 0.1) is 5.92 Å². The molecular weight excluding hydrogens is 312 g/mol. The van der Waals surface area contributed by atoms with E-state index in [2.05, 4.69) is 25.1 Å². The van der Waals surface area contributed by atoms with Gasteiger partial charge in [0.05, 0.1) is 4.75 Å². The molecule has 0 N–H and O–H groups in total. The lowest BCUT2D eigenvalue weighted by molar-refractivity contribution is -0.110. The third-order valence-electron chi connectivity index (χ3n) is 4.52. The number of carbonyl (C=O) groups excluding carboxylic acids is 1. The van der Waals surface area contributed by atoms with Crippen molar-refractivity contribution in [1.29, 1.82) is 0 Å². The highest BCUT2D eigenvalue weighted by atomic mass is 35.5. The first kappa shape index (κ1) is 17.6. The predicted octanol–water partition coefficient (Wildman–Crippen LogP) is 5.87. The molecule has 3 heteroatoms. The van der Waals surface area contributed by atoms with E-state index in [1.165, 1.54) is 19.3 Å². The summed E-state index contributed by atoms with van der Waals surface area (Å²) in [6.07, 6.45) is 10.4. The molecule has 0 radical (unpaired) electrons. The number of alkyl halides is 1. The fourth-order valence-corrected chi connectivity index (χ4v) is 4.67. The Kier molecular flexibility index (Phi) is 7.04. The van der Waals surface area contributed by atoms with Gasteiger partial charge in [0.1, 0.15) is 6.29 Å². The average Bonchev–Trinajstić information content (AvgIpc) is 3.07. The van der Waals surface area contributed by atoms with Gasteiger partial charge in [0, 0.05) is 10.8 Å². The lowest BCUT2D eigenvalue weighted by atomic mass is 9.89. The van der Waals surface area contributed by atoms with Crippen molar-refractivity contribution in [2.24, 2.45) is 5.92 Å². The number of thioether (sulfide) groups is 1. The average molecular weight is 337 g/mol. The molecule has 120 valence electrons. The Morgan fingerprint density at radius 2 is 2.14 bits per heavy atom. The van der Waals surface area contributed by atoms with Gasteiger partial charge in [-0.1, -0.05) is 36.8 Å². The third-order valence-corrected chi connectivity index (χ3v) is 6.57. The van der Waals surface area contributed by atoms with Gasteiger partial charge in [-0.3, -0.25) is 0 Å². The Hall–Kier alpha value is -0.730. The molecule has 0 fully saturated rings. The van der Waals surface area contributed by atoms with E-state index in [0.29, 0.717) is 5.88 Å². The first-order chi connectivity index (χ1) is 10.7. The molecule has 0 bridgehead atoms. The number of benzene rings is 1. The number of hydrogen-bond acceptors (Lipinski definition) is 2. The molecule has 0 heterocycles. The van der Waals surface area contributed by atoms with E-state index in [-0.39, 0.29) is 5.92 Å². The second-order valence-electron chi connectivity index (χ2n) is 6.15. The van der Waals surface area contributed by atoms with Gasteiger partial charge in [-0.05, 0) is 56.6 Å². The van der Waals surface area contributed by atoms with Crippen molar-refractivity contribution in [1.82, 2.24) is 0 Å². The van der Waals surface area contributed by atoms with E-state index in [1.54, 1.807) is 17.3 Å². The van der Waals surface area contributed by atoms with Gasteiger partial charge in [0.25, 0.3) is 0 Å². The van der Waals surface area contributed by atoms with E-state index in [1.807, 2.05) is 18.2 Å². The summed E-state index contributed by atoms with van der Waals surface area (Å²) in [6.45, 7) is 2.09. The molecule has 0 aliphatic heterocycles.